The van der Waals surface area contributed by atoms with Crippen LogP contribution in [0.4, 0.5) is 11.4 Å². The van der Waals surface area contributed by atoms with E-state index in [4.69, 9.17) is 9.57 Å². The molecule has 0 unspecified atom stereocenters. The summed E-state index contributed by atoms with van der Waals surface area (Å²) in [5, 5.41) is 1.71. The summed E-state index contributed by atoms with van der Waals surface area (Å²) in [7, 11) is 0. The Morgan fingerprint density at radius 2 is 1.47 bits per heavy atom. The number of imide groups is 1. The van der Waals surface area contributed by atoms with Gasteiger partial charge in [-0.15, -0.1) is 0 Å². The van der Waals surface area contributed by atoms with E-state index in [0.717, 1.165) is 17.7 Å². The molecule has 3 atom stereocenters. The van der Waals surface area contributed by atoms with Crippen LogP contribution in [0.2, 0.25) is 0 Å². The van der Waals surface area contributed by atoms with Gasteiger partial charge in [0.05, 0.1) is 24.0 Å². The number of nitrogens with zero attached hydrogens (tertiary/aromatic N) is 2. The van der Waals surface area contributed by atoms with Crippen molar-refractivity contribution in [1.29, 1.82) is 0 Å². The molecule has 0 aromatic heterocycles. The van der Waals surface area contributed by atoms with Crippen LogP contribution in [0, 0.1) is 5.92 Å². The highest BCUT2D eigenvalue weighted by molar-refractivity contribution is 6.23. The van der Waals surface area contributed by atoms with Gasteiger partial charge in [0.2, 0.25) is 5.91 Å². The van der Waals surface area contributed by atoms with Gasteiger partial charge in [0.15, 0.2) is 6.10 Å². The van der Waals surface area contributed by atoms with Crippen molar-refractivity contribution in [3.05, 3.63) is 90.5 Å². The van der Waals surface area contributed by atoms with E-state index >= 15 is 0 Å². The van der Waals surface area contributed by atoms with Crippen LogP contribution in [-0.2, 0) is 14.4 Å². The summed E-state index contributed by atoms with van der Waals surface area (Å²) in [6.45, 7) is 2.66. The lowest BCUT2D eigenvalue weighted by Crippen LogP contribution is -2.37. The summed E-state index contributed by atoms with van der Waals surface area (Å²) in [4.78, 5) is 34.3. The molecule has 2 heterocycles. The number of amides is 2. The third kappa shape index (κ3) is 3.42. The van der Waals surface area contributed by atoms with Gasteiger partial charge in [-0.25, -0.2) is 9.96 Å². The summed E-state index contributed by atoms with van der Waals surface area (Å²) < 4.78 is 5.62. The molecule has 6 nitrogen and oxygen atoms in total. The number of para-hydroxylation sites is 1. The Hall–Kier alpha value is -3.64. The lowest BCUT2D eigenvalue weighted by Gasteiger charge is -2.28. The van der Waals surface area contributed by atoms with Crippen LogP contribution in [-0.4, -0.2) is 24.5 Å². The molecule has 6 heteroatoms. The summed E-state index contributed by atoms with van der Waals surface area (Å²) in [6, 6.07) is 25.9. The summed E-state index contributed by atoms with van der Waals surface area (Å²) in [6.07, 6.45) is 0.0357. The fourth-order valence-electron chi connectivity index (χ4n) is 4.37. The van der Waals surface area contributed by atoms with E-state index in [2.05, 4.69) is 0 Å². The van der Waals surface area contributed by atoms with Gasteiger partial charge in [-0.3, -0.25) is 14.4 Å². The van der Waals surface area contributed by atoms with Gasteiger partial charge in [-0.05, 0) is 48.4 Å². The van der Waals surface area contributed by atoms with Crippen molar-refractivity contribution >= 4 is 23.2 Å². The average Bonchev–Trinajstić information content (AvgIpc) is 3.35. The fraction of sp³-hybridized carbons (Fsp3) is 0.231. The molecular formula is C26H24N2O4. The minimum atomic E-state index is -0.871. The largest absolute Gasteiger partial charge is 0.494 e. The van der Waals surface area contributed by atoms with Crippen LogP contribution < -0.4 is 14.7 Å². The van der Waals surface area contributed by atoms with Gasteiger partial charge in [0.25, 0.3) is 5.91 Å². The minimum absolute atomic E-state index is 0.255. The van der Waals surface area contributed by atoms with Crippen molar-refractivity contribution < 1.29 is 19.2 Å². The topological polar surface area (TPSA) is 59.1 Å². The Bertz CT molecular complexity index is 1100. The smallest absolute Gasteiger partial charge is 0.266 e. The lowest BCUT2D eigenvalue weighted by atomic mass is 9.90. The van der Waals surface area contributed by atoms with Gasteiger partial charge >= 0.3 is 0 Å². The van der Waals surface area contributed by atoms with E-state index in [1.807, 2.05) is 67.6 Å². The number of rotatable bonds is 6. The van der Waals surface area contributed by atoms with E-state index in [9.17, 15) is 9.59 Å². The van der Waals surface area contributed by atoms with E-state index in [-0.39, 0.29) is 11.8 Å². The number of hydrogen-bond donors (Lipinski definition) is 0. The Morgan fingerprint density at radius 1 is 0.812 bits per heavy atom. The predicted octanol–water partition coefficient (Wildman–Crippen LogP) is 4.53. The van der Waals surface area contributed by atoms with Crippen LogP contribution in [0.15, 0.2) is 84.9 Å². The van der Waals surface area contributed by atoms with Gasteiger partial charge in [-0.1, -0.05) is 55.5 Å². The molecule has 0 saturated carbocycles. The first-order chi connectivity index (χ1) is 15.7. The van der Waals surface area contributed by atoms with E-state index < -0.39 is 18.1 Å². The molecule has 0 N–H and O–H groups in total. The second-order valence-electron chi connectivity index (χ2n) is 7.92. The van der Waals surface area contributed by atoms with Crippen LogP contribution in [0.5, 0.6) is 5.75 Å². The zero-order valence-corrected chi connectivity index (χ0v) is 17.8. The van der Waals surface area contributed by atoms with E-state index in [0.29, 0.717) is 18.0 Å². The Kier molecular flexibility index (Phi) is 5.37. The lowest BCUT2D eigenvalue weighted by molar-refractivity contribution is -0.126. The predicted molar refractivity (Wildman–Crippen MR) is 121 cm³/mol. The van der Waals surface area contributed by atoms with Gasteiger partial charge in [0.1, 0.15) is 11.7 Å². The van der Waals surface area contributed by atoms with Crippen LogP contribution >= 0.6 is 0 Å². The SMILES string of the molecule is CCCOc1ccc(N2C(=O)[C@@H]3[C@@H](c4ccccc4)N(c4ccccc4)O[C@H]3C2=O)cc1. The normalized spacial score (nSPS) is 22.3. The highest BCUT2D eigenvalue weighted by Gasteiger charge is 2.60. The minimum Gasteiger partial charge on any atom is -0.494 e. The summed E-state index contributed by atoms with van der Waals surface area (Å²) >= 11 is 0. The Labute approximate surface area is 186 Å². The third-order valence-electron chi connectivity index (χ3n) is 5.83. The van der Waals surface area contributed by atoms with Crippen molar-refractivity contribution in [3.63, 3.8) is 0 Å². The molecule has 2 fully saturated rings. The van der Waals surface area contributed by atoms with E-state index in [1.165, 1.54) is 4.90 Å². The second kappa shape index (κ2) is 8.48. The molecule has 3 aromatic rings. The van der Waals surface area contributed by atoms with Gasteiger partial charge in [0, 0.05) is 0 Å². The first-order valence-electron chi connectivity index (χ1n) is 10.9. The number of carbonyl (C=O) groups excluding carboxylic acids is 2. The first-order valence-corrected chi connectivity index (χ1v) is 10.9. The molecule has 0 spiro atoms. The van der Waals surface area contributed by atoms with Crippen molar-refractivity contribution in [2.45, 2.75) is 25.5 Å². The molecule has 2 amide bonds. The van der Waals surface area contributed by atoms with E-state index in [1.54, 1.807) is 29.3 Å². The molecule has 2 aliphatic heterocycles. The number of hydroxylamine groups is 1. The number of ether oxygens (including phenoxy) is 1. The van der Waals surface area contributed by atoms with Crippen LogP contribution in [0.25, 0.3) is 0 Å². The number of anilines is 2. The molecular weight excluding hydrogens is 404 g/mol. The van der Waals surface area contributed by atoms with Crippen molar-refractivity contribution in [2.24, 2.45) is 5.92 Å². The van der Waals surface area contributed by atoms with Crippen LogP contribution in [0.3, 0.4) is 0 Å². The van der Waals surface area contributed by atoms with Gasteiger partial charge in [-0.2, -0.15) is 0 Å². The molecule has 0 bridgehead atoms. The summed E-state index contributed by atoms with van der Waals surface area (Å²) in [5.74, 6) is -0.527. The average molecular weight is 428 g/mol. The highest BCUT2D eigenvalue weighted by Crippen LogP contribution is 2.47. The maximum atomic E-state index is 13.6. The zero-order valence-electron chi connectivity index (χ0n) is 17.8. The first kappa shape index (κ1) is 20.3. The maximum absolute atomic E-state index is 13.6. The third-order valence-corrected chi connectivity index (χ3v) is 5.83. The molecule has 0 radical (unpaired) electrons. The molecule has 0 aliphatic carbocycles. The van der Waals surface area contributed by atoms with Gasteiger partial charge < -0.3 is 4.74 Å². The quantitative estimate of drug-likeness (QED) is 0.540. The Balaban J connectivity index is 1.49. The summed E-state index contributed by atoms with van der Waals surface area (Å²) in [5.41, 5.74) is 2.26. The number of hydrogen-bond acceptors (Lipinski definition) is 5. The van der Waals surface area contributed by atoms with Crippen LogP contribution in [0.1, 0.15) is 24.9 Å². The highest BCUT2D eigenvalue weighted by atomic mass is 16.7. The fourth-order valence-corrected chi connectivity index (χ4v) is 4.37. The molecule has 2 aliphatic rings. The zero-order chi connectivity index (χ0) is 22.1. The monoisotopic (exact) mass is 428 g/mol. The molecule has 162 valence electrons. The number of carbonyl (C=O) groups is 2. The molecule has 5 rings (SSSR count). The maximum Gasteiger partial charge on any atom is 0.266 e. The van der Waals surface area contributed by atoms with Crippen molar-refractivity contribution in [3.8, 4) is 5.75 Å². The standard InChI is InChI=1S/C26H24N2O4/c1-2-17-31-21-15-13-19(14-16-21)27-25(29)22-23(18-9-5-3-6-10-18)28(32-24(22)26(27)30)20-11-7-4-8-12-20/h3-16,22-24H,2,17H2,1H3/t22-,23-,24-/m1/s1. The molecule has 2 saturated heterocycles. The second-order valence-corrected chi connectivity index (χ2v) is 7.92. The number of fused-ring (bicyclic) bond motifs is 1. The molecule has 32 heavy (non-hydrogen) atoms. The number of benzene rings is 3. The van der Waals surface area contributed by atoms with Crippen molar-refractivity contribution in [2.75, 3.05) is 16.6 Å². The molecule has 3 aromatic carbocycles. The Morgan fingerprint density at radius 3 is 2.12 bits per heavy atom. The van der Waals surface area contributed by atoms with Crippen molar-refractivity contribution in [1.82, 2.24) is 0 Å².